The summed E-state index contributed by atoms with van der Waals surface area (Å²) in [4.78, 5) is 0. The lowest BCUT2D eigenvalue weighted by atomic mass is 10.5. The van der Waals surface area contributed by atoms with Gasteiger partial charge in [0.05, 0.1) is 13.2 Å². The Morgan fingerprint density at radius 1 is 1.70 bits per heavy atom. The summed E-state index contributed by atoms with van der Waals surface area (Å²) in [5, 5.41) is 1.94. The standard InChI is InChI=1S/C6H13N3O/c1-6-5-9(8-7-6)3-4-10-2/h5,7-8H,3-4H2,1-2H3. The minimum Gasteiger partial charge on any atom is -0.383 e. The maximum absolute atomic E-state index is 4.90. The van der Waals surface area contributed by atoms with E-state index >= 15 is 0 Å². The molecule has 0 spiro atoms. The van der Waals surface area contributed by atoms with Gasteiger partial charge in [-0.05, 0) is 6.92 Å². The average molecular weight is 143 g/mol. The lowest BCUT2D eigenvalue weighted by molar-refractivity contribution is 0.148. The Kier molecular flexibility index (Phi) is 2.53. The number of hydrogen-bond acceptors (Lipinski definition) is 4. The summed E-state index contributed by atoms with van der Waals surface area (Å²) >= 11 is 0. The highest BCUT2D eigenvalue weighted by atomic mass is 16.5. The zero-order valence-electron chi connectivity index (χ0n) is 6.35. The van der Waals surface area contributed by atoms with Crippen LogP contribution in [0, 0.1) is 0 Å². The smallest absolute Gasteiger partial charge is 0.0654 e. The summed E-state index contributed by atoms with van der Waals surface area (Å²) in [5.74, 6) is 0. The molecule has 0 saturated carbocycles. The molecule has 1 aliphatic heterocycles. The Hall–Kier alpha value is -0.740. The van der Waals surface area contributed by atoms with Crippen molar-refractivity contribution in [1.29, 1.82) is 0 Å². The Labute approximate surface area is 60.8 Å². The molecule has 58 valence electrons. The molecule has 4 nitrogen and oxygen atoms in total. The van der Waals surface area contributed by atoms with Crippen molar-refractivity contribution < 1.29 is 4.74 Å². The fraction of sp³-hybridized carbons (Fsp3) is 0.667. The zero-order valence-corrected chi connectivity index (χ0v) is 6.35. The first-order valence-corrected chi connectivity index (χ1v) is 3.28. The summed E-state index contributed by atoms with van der Waals surface area (Å²) in [5.41, 5.74) is 7.03. The van der Waals surface area contributed by atoms with Crippen LogP contribution in [0.2, 0.25) is 0 Å². The third kappa shape index (κ3) is 1.89. The zero-order chi connectivity index (χ0) is 7.40. The van der Waals surface area contributed by atoms with Crippen LogP contribution in [0.1, 0.15) is 6.92 Å². The molecule has 1 heterocycles. The van der Waals surface area contributed by atoms with E-state index in [1.807, 2.05) is 18.1 Å². The van der Waals surface area contributed by atoms with Crippen molar-refractivity contribution in [2.45, 2.75) is 6.92 Å². The van der Waals surface area contributed by atoms with Gasteiger partial charge in [0, 0.05) is 19.0 Å². The van der Waals surface area contributed by atoms with Crippen LogP contribution in [0.4, 0.5) is 0 Å². The predicted octanol–water partition coefficient (Wildman–Crippen LogP) is -0.181. The highest BCUT2D eigenvalue weighted by Crippen LogP contribution is 1.95. The Balaban J connectivity index is 2.18. The SMILES string of the molecule is COCCN1C=C(C)NN1. The number of rotatable bonds is 3. The van der Waals surface area contributed by atoms with E-state index in [-0.39, 0.29) is 0 Å². The van der Waals surface area contributed by atoms with Gasteiger partial charge in [0.2, 0.25) is 0 Å². The van der Waals surface area contributed by atoms with E-state index in [4.69, 9.17) is 4.74 Å². The van der Waals surface area contributed by atoms with Gasteiger partial charge >= 0.3 is 0 Å². The topological polar surface area (TPSA) is 36.5 Å². The molecule has 0 aromatic carbocycles. The molecule has 1 rings (SSSR count). The van der Waals surface area contributed by atoms with Crippen molar-refractivity contribution in [2.75, 3.05) is 20.3 Å². The van der Waals surface area contributed by atoms with Gasteiger partial charge in [-0.15, -0.1) is 5.53 Å². The molecule has 0 amide bonds. The number of hydrogen-bond donors (Lipinski definition) is 2. The molecule has 0 aliphatic carbocycles. The summed E-state index contributed by atoms with van der Waals surface area (Å²) < 4.78 is 4.90. The Morgan fingerprint density at radius 3 is 3.00 bits per heavy atom. The maximum Gasteiger partial charge on any atom is 0.0654 e. The van der Waals surface area contributed by atoms with Crippen molar-refractivity contribution in [3.63, 3.8) is 0 Å². The van der Waals surface area contributed by atoms with E-state index in [1.54, 1.807) is 7.11 Å². The highest BCUT2D eigenvalue weighted by molar-refractivity contribution is 4.96. The van der Waals surface area contributed by atoms with Crippen molar-refractivity contribution in [2.24, 2.45) is 0 Å². The van der Waals surface area contributed by atoms with Gasteiger partial charge in [-0.2, -0.15) is 0 Å². The summed E-state index contributed by atoms with van der Waals surface area (Å²) in [6, 6.07) is 0. The van der Waals surface area contributed by atoms with Crippen LogP contribution in [-0.2, 0) is 4.74 Å². The van der Waals surface area contributed by atoms with Gasteiger partial charge in [-0.1, -0.05) is 0 Å². The van der Waals surface area contributed by atoms with E-state index in [9.17, 15) is 0 Å². The predicted molar refractivity (Wildman–Crippen MR) is 38.6 cm³/mol. The molecule has 0 aromatic heterocycles. The van der Waals surface area contributed by atoms with Crippen molar-refractivity contribution >= 4 is 0 Å². The van der Waals surface area contributed by atoms with Crippen LogP contribution >= 0.6 is 0 Å². The van der Waals surface area contributed by atoms with E-state index in [2.05, 4.69) is 11.0 Å². The van der Waals surface area contributed by atoms with E-state index < -0.39 is 0 Å². The van der Waals surface area contributed by atoms with Crippen LogP contribution in [0.15, 0.2) is 11.9 Å². The molecule has 0 bridgehead atoms. The summed E-state index contributed by atoms with van der Waals surface area (Å²) in [6.45, 7) is 3.60. The fourth-order valence-corrected chi connectivity index (χ4v) is 0.768. The van der Waals surface area contributed by atoms with Crippen LogP contribution in [0.3, 0.4) is 0 Å². The number of allylic oxidation sites excluding steroid dienone is 1. The van der Waals surface area contributed by atoms with Gasteiger partial charge in [0.15, 0.2) is 0 Å². The first kappa shape index (κ1) is 7.37. The second-order valence-electron chi connectivity index (χ2n) is 2.24. The number of nitrogens with zero attached hydrogens (tertiary/aromatic N) is 1. The second-order valence-corrected chi connectivity index (χ2v) is 2.24. The number of ether oxygens (including phenoxy) is 1. The monoisotopic (exact) mass is 143 g/mol. The summed E-state index contributed by atoms with van der Waals surface area (Å²) in [6.07, 6.45) is 2.00. The van der Waals surface area contributed by atoms with Gasteiger partial charge in [-0.3, -0.25) is 5.01 Å². The third-order valence-electron chi connectivity index (χ3n) is 1.28. The quantitative estimate of drug-likeness (QED) is 0.574. The lowest BCUT2D eigenvalue weighted by Crippen LogP contribution is -2.37. The average Bonchev–Trinajstić information content (AvgIpc) is 2.31. The number of hydrazine groups is 2. The molecule has 4 heteroatoms. The Morgan fingerprint density at radius 2 is 2.50 bits per heavy atom. The first-order chi connectivity index (χ1) is 4.83. The van der Waals surface area contributed by atoms with Crippen molar-refractivity contribution in [3.05, 3.63) is 11.9 Å². The largest absolute Gasteiger partial charge is 0.383 e. The number of methoxy groups -OCH3 is 1. The lowest BCUT2D eigenvalue weighted by Gasteiger charge is -2.13. The van der Waals surface area contributed by atoms with Gasteiger partial charge in [0.1, 0.15) is 0 Å². The Bertz CT molecular complexity index is 135. The van der Waals surface area contributed by atoms with E-state index in [0.29, 0.717) is 0 Å². The van der Waals surface area contributed by atoms with Gasteiger partial charge in [-0.25, -0.2) is 0 Å². The fourth-order valence-electron chi connectivity index (χ4n) is 0.768. The molecule has 0 unspecified atom stereocenters. The minimum absolute atomic E-state index is 0.735. The summed E-state index contributed by atoms with van der Waals surface area (Å²) in [7, 11) is 1.69. The molecular weight excluding hydrogens is 130 g/mol. The van der Waals surface area contributed by atoms with Crippen molar-refractivity contribution in [1.82, 2.24) is 16.0 Å². The van der Waals surface area contributed by atoms with Crippen LogP contribution in [-0.4, -0.2) is 25.3 Å². The minimum atomic E-state index is 0.735. The highest BCUT2D eigenvalue weighted by Gasteiger charge is 2.04. The third-order valence-corrected chi connectivity index (χ3v) is 1.28. The molecule has 0 aromatic rings. The van der Waals surface area contributed by atoms with Crippen LogP contribution in [0.25, 0.3) is 0 Å². The molecule has 0 radical (unpaired) electrons. The van der Waals surface area contributed by atoms with E-state index in [0.717, 1.165) is 18.8 Å². The molecule has 0 saturated heterocycles. The molecule has 1 aliphatic rings. The normalized spacial score (nSPS) is 17.0. The van der Waals surface area contributed by atoms with Gasteiger partial charge in [0.25, 0.3) is 0 Å². The molecule has 0 atom stereocenters. The van der Waals surface area contributed by atoms with Crippen LogP contribution < -0.4 is 11.0 Å². The second kappa shape index (κ2) is 3.43. The van der Waals surface area contributed by atoms with Crippen LogP contribution in [0.5, 0.6) is 0 Å². The van der Waals surface area contributed by atoms with Gasteiger partial charge < -0.3 is 10.2 Å². The molecular formula is C6H13N3O. The molecule has 10 heavy (non-hydrogen) atoms. The van der Waals surface area contributed by atoms with E-state index in [1.165, 1.54) is 0 Å². The van der Waals surface area contributed by atoms with Crippen molar-refractivity contribution in [3.8, 4) is 0 Å². The first-order valence-electron chi connectivity index (χ1n) is 3.28. The molecule has 2 N–H and O–H groups in total. The number of nitrogens with one attached hydrogen (secondary N) is 2. The maximum atomic E-state index is 4.90. The molecule has 0 fully saturated rings.